The van der Waals surface area contributed by atoms with Crippen molar-refractivity contribution >= 4 is 27.4 Å². The number of thioether (sulfide) groups is 1. The number of sulfone groups is 1. The smallest absolute Gasteiger partial charge is 0.191 e. The van der Waals surface area contributed by atoms with Crippen molar-refractivity contribution in [3.63, 3.8) is 0 Å². The Labute approximate surface area is 169 Å². The van der Waals surface area contributed by atoms with Crippen LogP contribution in [-0.2, 0) is 23.3 Å². The van der Waals surface area contributed by atoms with E-state index in [1.807, 2.05) is 18.5 Å². The molecule has 9 heteroatoms. The maximum absolute atomic E-state index is 12.9. The molecule has 1 aromatic heterocycles. The Hall–Kier alpha value is -1.87. The zero-order chi connectivity index (χ0) is 20.3. The van der Waals surface area contributed by atoms with E-state index in [1.54, 1.807) is 31.4 Å². The van der Waals surface area contributed by atoms with Crippen LogP contribution in [0.3, 0.4) is 0 Å². The molecule has 0 spiro atoms. The SMILES string of the molecule is CCC(Sc1nnc(CC2CCS(=O)(=O)C2)n1C)C(=O)c1ccc(OC)cc1. The average Bonchev–Trinajstić information content (AvgIpc) is 3.21. The first-order chi connectivity index (χ1) is 13.3. The summed E-state index contributed by atoms with van der Waals surface area (Å²) in [4.78, 5) is 12.9. The normalized spacial score (nSPS) is 19.5. The highest BCUT2D eigenvalue weighted by Crippen LogP contribution is 2.29. The number of methoxy groups -OCH3 is 1. The van der Waals surface area contributed by atoms with Gasteiger partial charge in [0.1, 0.15) is 11.6 Å². The molecule has 7 nitrogen and oxygen atoms in total. The number of hydrogen-bond acceptors (Lipinski definition) is 7. The zero-order valence-electron chi connectivity index (χ0n) is 16.3. The Morgan fingerprint density at radius 1 is 1.32 bits per heavy atom. The Kier molecular flexibility index (Phi) is 6.44. The van der Waals surface area contributed by atoms with Gasteiger partial charge in [0.2, 0.25) is 0 Å². The molecule has 1 aromatic carbocycles. The third kappa shape index (κ3) is 4.75. The molecule has 1 aliphatic heterocycles. The van der Waals surface area contributed by atoms with Crippen LogP contribution in [0.25, 0.3) is 0 Å². The lowest BCUT2D eigenvalue weighted by molar-refractivity contribution is 0.0988. The highest BCUT2D eigenvalue weighted by atomic mass is 32.2. The molecule has 2 unspecified atom stereocenters. The van der Waals surface area contributed by atoms with E-state index in [9.17, 15) is 13.2 Å². The van der Waals surface area contributed by atoms with Gasteiger partial charge in [-0.25, -0.2) is 8.42 Å². The van der Waals surface area contributed by atoms with Crippen molar-refractivity contribution in [2.24, 2.45) is 13.0 Å². The van der Waals surface area contributed by atoms with Crippen LogP contribution in [0.2, 0.25) is 0 Å². The predicted molar refractivity (Wildman–Crippen MR) is 109 cm³/mol. The van der Waals surface area contributed by atoms with Crippen LogP contribution in [0, 0.1) is 5.92 Å². The van der Waals surface area contributed by atoms with Gasteiger partial charge < -0.3 is 9.30 Å². The monoisotopic (exact) mass is 423 g/mol. The van der Waals surface area contributed by atoms with E-state index in [0.717, 1.165) is 5.82 Å². The zero-order valence-corrected chi connectivity index (χ0v) is 17.9. The van der Waals surface area contributed by atoms with Crippen LogP contribution < -0.4 is 4.74 Å². The summed E-state index contributed by atoms with van der Waals surface area (Å²) in [7, 11) is 0.550. The molecule has 2 atom stereocenters. The molecule has 152 valence electrons. The number of aromatic nitrogens is 3. The van der Waals surface area contributed by atoms with E-state index >= 15 is 0 Å². The third-order valence-corrected chi connectivity index (χ3v) is 8.24. The van der Waals surface area contributed by atoms with Gasteiger partial charge >= 0.3 is 0 Å². The minimum atomic E-state index is -2.91. The summed E-state index contributed by atoms with van der Waals surface area (Å²) in [5.41, 5.74) is 0.638. The number of Topliss-reactive ketones (excluding diaryl/α,β-unsaturated/α-hetero) is 1. The van der Waals surface area contributed by atoms with Crippen molar-refractivity contribution in [2.45, 2.75) is 36.6 Å². The van der Waals surface area contributed by atoms with Gasteiger partial charge in [-0.2, -0.15) is 0 Å². The van der Waals surface area contributed by atoms with E-state index in [1.165, 1.54) is 11.8 Å². The van der Waals surface area contributed by atoms with Gasteiger partial charge in [0.15, 0.2) is 20.8 Å². The first-order valence-electron chi connectivity index (χ1n) is 9.26. The summed E-state index contributed by atoms with van der Waals surface area (Å²) in [5.74, 6) is 2.08. The highest BCUT2D eigenvalue weighted by molar-refractivity contribution is 8.00. The summed E-state index contributed by atoms with van der Waals surface area (Å²) in [5, 5.41) is 8.88. The number of ketones is 1. The minimum absolute atomic E-state index is 0.0431. The molecule has 0 amide bonds. The Bertz CT molecular complexity index is 939. The molecular formula is C19H25N3O4S2. The number of benzene rings is 1. The molecule has 3 rings (SSSR count). The Balaban J connectivity index is 1.69. The van der Waals surface area contributed by atoms with Gasteiger partial charge in [-0.15, -0.1) is 10.2 Å². The lowest BCUT2D eigenvalue weighted by atomic mass is 10.1. The van der Waals surface area contributed by atoms with E-state index < -0.39 is 9.84 Å². The van der Waals surface area contributed by atoms with Crippen LogP contribution in [0.4, 0.5) is 0 Å². The largest absolute Gasteiger partial charge is 0.497 e. The Morgan fingerprint density at radius 3 is 2.61 bits per heavy atom. The predicted octanol–water partition coefficient (Wildman–Crippen LogP) is 2.55. The first kappa shape index (κ1) is 20.9. The maximum atomic E-state index is 12.9. The molecule has 0 bridgehead atoms. The van der Waals surface area contributed by atoms with Crippen molar-refractivity contribution in [1.82, 2.24) is 14.8 Å². The molecule has 28 heavy (non-hydrogen) atoms. The van der Waals surface area contributed by atoms with Crippen LogP contribution in [0.15, 0.2) is 29.4 Å². The van der Waals surface area contributed by atoms with Crippen LogP contribution in [-0.4, -0.2) is 52.8 Å². The topological polar surface area (TPSA) is 91.1 Å². The summed E-state index contributed by atoms with van der Waals surface area (Å²) in [6, 6.07) is 7.10. The number of nitrogens with zero attached hydrogens (tertiary/aromatic N) is 3. The summed E-state index contributed by atoms with van der Waals surface area (Å²) in [6.45, 7) is 1.97. The lowest BCUT2D eigenvalue weighted by Crippen LogP contribution is -2.17. The van der Waals surface area contributed by atoms with Crippen LogP contribution in [0.5, 0.6) is 5.75 Å². The molecule has 1 saturated heterocycles. The van der Waals surface area contributed by atoms with Gasteiger partial charge in [-0.1, -0.05) is 18.7 Å². The number of ether oxygens (including phenoxy) is 1. The quantitative estimate of drug-likeness (QED) is 0.476. The molecule has 1 fully saturated rings. The fourth-order valence-corrected chi connectivity index (χ4v) is 6.18. The maximum Gasteiger partial charge on any atom is 0.191 e. The number of rotatable bonds is 8. The van der Waals surface area contributed by atoms with Gasteiger partial charge in [-0.3, -0.25) is 4.79 Å². The number of carbonyl (C=O) groups is 1. The van der Waals surface area contributed by atoms with Crippen molar-refractivity contribution in [1.29, 1.82) is 0 Å². The van der Waals surface area contributed by atoms with Gasteiger partial charge in [-0.05, 0) is 43.0 Å². The second kappa shape index (κ2) is 8.65. The lowest BCUT2D eigenvalue weighted by Gasteiger charge is -2.14. The molecule has 0 saturated carbocycles. The standard InChI is InChI=1S/C19H25N3O4S2/c1-4-16(18(23)14-5-7-15(26-3)8-6-14)27-19-21-20-17(22(19)2)11-13-9-10-28(24,25)12-13/h5-8,13,16H,4,9-12H2,1-3H3. The molecule has 0 aliphatic carbocycles. The van der Waals surface area contributed by atoms with Crippen molar-refractivity contribution in [3.8, 4) is 5.75 Å². The Morgan fingerprint density at radius 2 is 2.04 bits per heavy atom. The third-order valence-electron chi connectivity index (χ3n) is 5.01. The van der Waals surface area contributed by atoms with Gasteiger partial charge in [0.05, 0.1) is 23.9 Å². The highest BCUT2D eigenvalue weighted by Gasteiger charge is 2.30. The summed E-state index contributed by atoms with van der Waals surface area (Å²) in [6.07, 6.45) is 1.93. The van der Waals surface area contributed by atoms with Gasteiger partial charge in [0.25, 0.3) is 0 Å². The summed E-state index contributed by atoms with van der Waals surface area (Å²) < 4.78 is 30.3. The summed E-state index contributed by atoms with van der Waals surface area (Å²) >= 11 is 1.40. The second-order valence-electron chi connectivity index (χ2n) is 7.04. The minimum Gasteiger partial charge on any atom is -0.497 e. The second-order valence-corrected chi connectivity index (χ2v) is 10.4. The molecule has 0 N–H and O–H groups in total. The molecule has 0 radical (unpaired) electrons. The van der Waals surface area contributed by atoms with E-state index in [2.05, 4.69) is 10.2 Å². The van der Waals surface area contributed by atoms with E-state index in [4.69, 9.17) is 4.74 Å². The van der Waals surface area contributed by atoms with Gasteiger partial charge in [0, 0.05) is 19.0 Å². The fraction of sp³-hybridized carbons (Fsp3) is 0.526. The van der Waals surface area contributed by atoms with Crippen molar-refractivity contribution < 1.29 is 17.9 Å². The number of carbonyl (C=O) groups excluding carboxylic acids is 1. The van der Waals surface area contributed by atoms with Crippen molar-refractivity contribution in [3.05, 3.63) is 35.7 Å². The molecule has 2 aromatic rings. The van der Waals surface area contributed by atoms with E-state index in [-0.39, 0.29) is 28.5 Å². The molecular weight excluding hydrogens is 398 g/mol. The first-order valence-corrected chi connectivity index (χ1v) is 12.0. The van der Waals surface area contributed by atoms with E-state index in [0.29, 0.717) is 35.7 Å². The van der Waals surface area contributed by atoms with Crippen LogP contribution in [0.1, 0.15) is 35.9 Å². The fourth-order valence-electron chi connectivity index (χ4n) is 3.31. The van der Waals surface area contributed by atoms with Crippen LogP contribution >= 0.6 is 11.8 Å². The molecule has 1 aliphatic rings. The van der Waals surface area contributed by atoms with Crippen molar-refractivity contribution in [2.75, 3.05) is 18.6 Å². The molecule has 2 heterocycles. The number of hydrogen-bond donors (Lipinski definition) is 0. The average molecular weight is 424 g/mol.